The number of anilines is 2. The highest BCUT2D eigenvalue weighted by Gasteiger charge is 2.37. The predicted molar refractivity (Wildman–Crippen MR) is 142 cm³/mol. The molecule has 0 aliphatic heterocycles. The number of H-pyrrole nitrogens is 1. The molecular weight excluding hydrogens is 622 g/mol. The third kappa shape index (κ3) is 7.71. The molecular formula is C19H27N10O12P2+. The second-order valence-corrected chi connectivity index (χ2v) is 10.9. The van der Waals surface area contributed by atoms with Crippen LogP contribution < -0.4 is 17.0 Å². The number of hydrogen-bond acceptors (Lipinski definition) is 17. The molecule has 0 spiro atoms. The van der Waals surface area contributed by atoms with Gasteiger partial charge in [-0.3, -0.25) is 28.2 Å². The second-order valence-electron chi connectivity index (χ2n) is 8.53. The number of rotatable bonds is 15. The van der Waals surface area contributed by atoms with Crippen molar-refractivity contribution in [1.82, 2.24) is 39.0 Å². The number of aromatic nitrogens is 8. The van der Waals surface area contributed by atoms with Crippen LogP contribution in [-0.2, 0) is 32.4 Å². The van der Waals surface area contributed by atoms with Crippen molar-refractivity contribution >= 4 is 49.9 Å². The molecule has 0 saturated carbocycles. The summed E-state index contributed by atoms with van der Waals surface area (Å²) in [5.74, 6) is -0.225. The Labute approximate surface area is 240 Å². The normalized spacial score (nSPS) is 16.8. The van der Waals surface area contributed by atoms with Gasteiger partial charge in [-0.05, 0) is 17.9 Å². The highest BCUT2D eigenvalue weighted by Crippen LogP contribution is 2.48. The first-order valence-corrected chi connectivity index (χ1v) is 15.0. The van der Waals surface area contributed by atoms with E-state index in [0.29, 0.717) is 0 Å². The number of fused-ring (bicyclic) bond motifs is 2. The van der Waals surface area contributed by atoms with E-state index in [0.717, 1.165) is 10.9 Å². The van der Waals surface area contributed by atoms with Gasteiger partial charge in [-0.2, -0.15) is 9.88 Å². The molecule has 0 aliphatic carbocycles. The molecule has 43 heavy (non-hydrogen) atoms. The fourth-order valence-electron chi connectivity index (χ4n) is 3.84. The monoisotopic (exact) mass is 649 g/mol. The van der Waals surface area contributed by atoms with E-state index in [-0.39, 0.29) is 40.5 Å². The summed E-state index contributed by atoms with van der Waals surface area (Å²) >= 11 is 0. The first kappa shape index (κ1) is 32.4. The molecule has 6 atom stereocenters. The summed E-state index contributed by atoms with van der Waals surface area (Å²) in [4.78, 5) is 54.1. The number of phosphoric acid groups is 1. The van der Waals surface area contributed by atoms with Crippen LogP contribution >= 0.6 is 15.9 Å². The fraction of sp³-hybridized carbons (Fsp3) is 0.474. The number of phosphoric ester groups is 1. The van der Waals surface area contributed by atoms with Gasteiger partial charge < -0.3 is 36.0 Å². The Balaban J connectivity index is 1.58. The number of aliphatic hydroxyl groups is 2. The minimum atomic E-state index is -5.23. The fourth-order valence-corrected chi connectivity index (χ4v) is 4.99. The number of nitrogens with two attached hydrogens (primary N) is 2. The minimum absolute atomic E-state index is 0.0834. The quantitative estimate of drug-likeness (QED) is 0.0621. The number of nitrogens with zero attached hydrogens (tertiary/aromatic N) is 7. The van der Waals surface area contributed by atoms with Crippen molar-refractivity contribution in [2.75, 3.05) is 17.8 Å². The van der Waals surface area contributed by atoms with Gasteiger partial charge in [0, 0.05) is 0 Å². The maximum absolute atomic E-state index is 13.1. The Kier molecular flexibility index (Phi) is 10.1. The van der Waals surface area contributed by atoms with Crippen LogP contribution in [0.25, 0.3) is 22.3 Å². The molecule has 4 aromatic rings. The highest BCUT2D eigenvalue weighted by atomic mass is 31.2. The maximum Gasteiger partial charge on any atom is 0.534 e. The van der Waals surface area contributed by atoms with Crippen molar-refractivity contribution in [2.24, 2.45) is 0 Å². The Morgan fingerprint density at radius 2 is 1.77 bits per heavy atom. The van der Waals surface area contributed by atoms with Crippen LogP contribution in [0.5, 0.6) is 0 Å². The molecule has 0 fully saturated rings. The summed E-state index contributed by atoms with van der Waals surface area (Å²) in [5, 5.41) is 19.0. The molecule has 4 rings (SSSR count). The van der Waals surface area contributed by atoms with Crippen molar-refractivity contribution < 1.29 is 52.4 Å². The van der Waals surface area contributed by atoms with Crippen molar-refractivity contribution in [2.45, 2.75) is 51.8 Å². The second kappa shape index (κ2) is 13.4. The third-order valence-electron chi connectivity index (χ3n) is 5.54. The van der Waals surface area contributed by atoms with Crippen LogP contribution in [0.3, 0.4) is 0 Å². The van der Waals surface area contributed by atoms with Gasteiger partial charge in [0.05, 0.1) is 12.7 Å². The predicted octanol–water partition coefficient (Wildman–Crippen LogP) is -0.653. The van der Waals surface area contributed by atoms with E-state index in [1.165, 1.54) is 24.1 Å². The average molecular weight is 649 g/mol. The summed E-state index contributed by atoms with van der Waals surface area (Å²) in [5.41, 5.74) is 10.8. The zero-order valence-corrected chi connectivity index (χ0v) is 24.1. The summed E-state index contributed by atoms with van der Waals surface area (Å²) in [6.07, 6.45) is -1.40. The standard InChI is InChI=1S/C19H26N10O12P2/c1-3-9(28-5-24-10-12(20)22-4-23-13(10)28)38-19(37-7-42(33)34)41-43(35,36)40-8(2)16(39-18(31)32)29-6-25-11-14(29)26-17(21)27-15(11)30/h4-6,8-9,16,18-19,31-32H,3,7H2,1-2H3,(H6-,20,21,22,23,26,27,30,33,34,35,36)/p+1/t8?,9-,16-,19?/m1/s1. The third-order valence-corrected chi connectivity index (χ3v) is 6.95. The molecule has 4 heterocycles. The molecule has 4 aromatic heterocycles. The van der Waals surface area contributed by atoms with E-state index in [1.807, 2.05) is 0 Å². The molecule has 9 N–H and O–H groups in total. The molecule has 0 aliphatic rings. The lowest BCUT2D eigenvalue weighted by atomic mass is 10.3. The van der Waals surface area contributed by atoms with Gasteiger partial charge in [0.1, 0.15) is 24.2 Å². The largest absolute Gasteiger partial charge is 0.534 e. The Morgan fingerprint density at radius 1 is 1.07 bits per heavy atom. The summed E-state index contributed by atoms with van der Waals surface area (Å²) < 4.78 is 52.8. The van der Waals surface area contributed by atoms with Gasteiger partial charge in [-0.15, -0.1) is 0 Å². The molecule has 24 heteroatoms. The summed E-state index contributed by atoms with van der Waals surface area (Å²) in [6.45, 7) is -1.65. The lowest BCUT2D eigenvalue weighted by Gasteiger charge is -2.29. The number of hydrogen-bond donors (Lipinski definition) is 7. The Bertz CT molecular complexity index is 1700. The molecule has 0 radical (unpaired) electrons. The minimum Gasteiger partial charge on any atom is -0.382 e. The number of aromatic amines is 1. The van der Waals surface area contributed by atoms with Gasteiger partial charge in [0.15, 0.2) is 28.9 Å². The molecule has 0 amide bonds. The van der Waals surface area contributed by atoms with Crippen LogP contribution in [0, 0.1) is 0 Å². The lowest BCUT2D eigenvalue weighted by molar-refractivity contribution is -0.291. The van der Waals surface area contributed by atoms with Crippen molar-refractivity contribution in [1.29, 1.82) is 0 Å². The van der Waals surface area contributed by atoms with Crippen molar-refractivity contribution in [3.63, 3.8) is 0 Å². The highest BCUT2D eigenvalue weighted by molar-refractivity contribution is 7.47. The van der Waals surface area contributed by atoms with E-state index >= 15 is 0 Å². The number of nitrogens with one attached hydrogen (secondary N) is 1. The molecule has 0 aromatic carbocycles. The number of imidazole rings is 2. The number of ether oxygens (including phenoxy) is 3. The SMILES string of the molecule is CC[C@@H](OC(OC[P+](=O)O)OP(=O)(O)OC(C)[C@@H](OC(O)O)n1cnc2c(=O)[nH]c(N)nc21)n1cnc2c(N)ncnc21. The van der Waals surface area contributed by atoms with Crippen LogP contribution in [0.4, 0.5) is 11.8 Å². The van der Waals surface area contributed by atoms with E-state index in [1.54, 1.807) is 6.92 Å². The number of aliphatic hydroxyl groups excluding tert-OH is 1. The van der Waals surface area contributed by atoms with Crippen LogP contribution in [0.1, 0.15) is 32.7 Å². The van der Waals surface area contributed by atoms with Gasteiger partial charge in [0.2, 0.25) is 5.95 Å². The topological polar surface area (TPSA) is 320 Å². The Hall–Kier alpha value is -3.53. The summed E-state index contributed by atoms with van der Waals surface area (Å²) in [6, 6.07) is 0. The first-order chi connectivity index (χ1) is 20.3. The molecule has 0 bridgehead atoms. The summed E-state index contributed by atoms with van der Waals surface area (Å²) in [7, 11) is -8.13. The Morgan fingerprint density at radius 3 is 2.44 bits per heavy atom. The zero-order chi connectivity index (χ0) is 31.5. The van der Waals surface area contributed by atoms with Gasteiger partial charge in [0.25, 0.3) is 24.9 Å². The van der Waals surface area contributed by atoms with E-state index in [9.17, 15) is 33.9 Å². The van der Waals surface area contributed by atoms with Crippen molar-refractivity contribution in [3.05, 3.63) is 29.3 Å². The van der Waals surface area contributed by atoms with Gasteiger partial charge >= 0.3 is 15.9 Å². The van der Waals surface area contributed by atoms with Crippen LogP contribution in [0.15, 0.2) is 23.8 Å². The molecule has 234 valence electrons. The zero-order valence-electron chi connectivity index (χ0n) is 22.3. The number of nitrogen functional groups attached to an aromatic ring is 2. The van der Waals surface area contributed by atoms with Gasteiger partial charge in [-0.25, -0.2) is 29.0 Å². The van der Waals surface area contributed by atoms with E-state index < -0.39 is 59.3 Å². The van der Waals surface area contributed by atoms with E-state index in [2.05, 4.69) is 29.9 Å². The van der Waals surface area contributed by atoms with E-state index in [4.69, 9.17) is 34.7 Å². The van der Waals surface area contributed by atoms with Crippen LogP contribution in [0.2, 0.25) is 0 Å². The maximum atomic E-state index is 13.1. The molecule has 22 nitrogen and oxygen atoms in total. The molecule has 4 unspecified atom stereocenters. The average Bonchev–Trinajstić information content (AvgIpc) is 3.54. The van der Waals surface area contributed by atoms with Crippen molar-refractivity contribution in [3.8, 4) is 0 Å². The molecule has 0 saturated heterocycles. The van der Waals surface area contributed by atoms with Gasteiger partial charge in [-0.1, -0.05) is 6.92 Å². The lowest BCUT2D eigenvalue weighted by Crippen LogP contribution is -2.31. The van der Waals surface area contributed by atoms with Crippen LogP contribution in [-0.4, -0.2) is 84.4 Å². The first-order valence-electron chi connectivity index (χ1n) is 12.1. The smallest absolute Gasteiger partial charge is 0.382 e.